The van der Waals surface area contributed by atoms with Crippen LogP contribution in [-0.2, 0) is 0 Å². The predicted molar refractivity (Wildman–Crippen MR) is 271 cm³/mol. The Morgan fingerprint density at radius 1 is 0.344 bits per heavy atom. The van der Waals surface area contributed by atoms with E-state index in [0.29, 0.717) is 0 Å². The summed E-state index contributed by atoms with van der Waals surface area (Å²) in [6, 6.07) is 83.7. The fourth-order valence-corrected chi connectivity index (χ4v) is 9.54. The minimum atomic E-state index is 1.09. The zero-order chi connectivity index (χ0) is 42.4. The maximum atomic E-state index is 3.16. The first kappa shape index (κ1) is 37.1. The van der Waals surface area contributed by atoms with Crippen molar-refractivity contribution in [3.63, 3.8) is 0 Å². The standard InChI is InChI=1S/C62H40N2/c1-3-13-43(14-4-1)45-25-27-46(28-26-45)48-33-37-53(38-34-48)63(52-35-31-47(32-36-52)44-15-5-2-6-16-44)54-19-11-18-50(41-54)58-22-12-24-61-62(58)59-21-9-10-23-60(59)64(61)55-39-40-57-51(42-55)30-29-49-17-7-8-20-56(49)57/h1-6,9-42H. The van der Waals surface area contributed by atoms with Crippen molar-refractivity contribution < 1.29 is 0 Å². The van der Waals surface area contributed by atoms with Crippen LogP contribution in [-0.4, -0.2) is 4.57 Å². The third-order valence-corrected chi connectivity index (χ3v) is 12.7. The first-order chi connectivity index (χ1) is 31.7. The first-order valence-corrected chi connectivity index (χ1v) is 21.8. The lowest BCUT2D eigenvalue weighted by Crippen LogP contribution is -2.10. The van der Waals surface area contributed by atoms with Gasteiger partial charge >= 0.3 is 0 Å². The van der Waals surface area contributed by atoms with Crippen LogP contribution < -0.4 is 4.90 Å². The number of anilines is 3. The van der Waals surface area contributed by atoms with Gasteiger partial charge < -0.3 is 9.47 Å². The van der Waals surface area contributed by atoms with Gasteiger partial charge in [-0.3, -0.25) is 0 Å². The van der Waals surface area contributed by atoms with E-state index in [1.807, 2.05) is 12.2 Å². The molecule has 298 valence electrons. The molecule has 2 heteroatoms. The zero-order valence-electron chi connectivity index (χ0n) is 35.0. The van der Waals surface area contributed by atoms with Crippen molar-refractivity contribution in [2.45, 2.75) is 0 Å². The molecule has 64 heavy (non-hydrogen) atoms. The molecule has 0 amide bonds. The third-order valence-electron chi connectivity index (χ3n) is 12.7. The fourth-order valence-electron chi connectivity index (χ4n) is 9.54. The summed E-state index contributed by atoms with van der Waals surface area (Å²) in [5.74, 6) is 0. The minimum absolute atomic E-state index is 1.09. The second kappa shape index (κ2) is 15.7. The van der Waals surface area contributed by atoms with E-state index in [-0.39, 0.29) is 0 Å². The maximum Gasteiger partial charge on any atom is 0.0547 e. The molecule has 1 aliphatic rings. The molecule has 2 nitrogen and oxygen atoms in total. The molecule has 0 fully saturated rings. The van der Waals surface area contributed by atoms with Crippen LogP contribution in [0.3, 0.4) is 0 Å². The number of nitrogens with zero attached hydrogens (tertiary/aromatic N) is 2. The third kappa shape index (κ3) is 6.56. The van der Waals surface area contributed by atoms with Gasteiger partial charge in [-0.25, -0.2) is 0 Å². The van der Waals surface area contributed by atoms with E-state index in [1.165, 1.54) is 82.6 Å². The SMILES string of the molecule is C1=C=Cc2c(ccc3cc(-n4c5ccccc5c5c(-c6cccc(N(c7ccc(-c8ccccc8)cc7)c7ccc(-c8ccc(-c9ccccc9)cc8)cc7)c6)cccc54)ccc23)C=1. The van der Waals surface area contributed by atoms with Crippen LogP contribution in [0.1, 0.15) is 11.1 Å². The number of aromatic nitrogens is 1. The van der Waals surface area contributed by atoms with Gasteiger partial charge in [0.2, 0.25) is 0 Å². The van der Waals surface area contributed by atoms with E-state index in [1.54, 1.807) is 0 Å². The molecular formula is C62H40N2. The molecule has 1 heterocycles. The van der Waals surface area contributed by atoms with Crippen molar-refractivity contribution >= 4 is 61.8 Å². The Balaban J connectivity index is 0.960. The van der Waals surface area contributed by atoms with Crippen molar-refractivity contribution in [3.8, 4) is 50.2 Å². The molecule has 1 aromatic heterocycles. The molecule has 0 spiro atoms. The molecule has 0 aliphatic heterocycles. The summed E-state index contributed by atoms with van der Waals surface area (Å²) in [6.45, 7) is 0. The smallest absolute Gasteiger partial charge is 0.0547 e. The lowest BCUT2D eigenvalue weighted by atomic mass is 9.97. The Hall–Kier alpha value is -8.64. The molecule has 0 saturated heterocycles. The van der Waals surface area contributed by atoms with Gasteiger partial charge in [-0.05, 0) is 139 Å². The lowest BCUT2D eigenvalue weighted by molar-refractivity contribution is 1.19. The van der Waals surface area contributed by atoms with Crippen LogP contribution in [0.25, 0.3) is 94.9 Å². The van der Waals surface area contributed by atoms with Gasteiger partial charge in [0.1, 0.15) is 0 Å². The fraction of sp³-hybridized carbons (Fsp3) is 0. The summed E-state index contributed by atoms with van der Waals surface area (Å²) in [4.78, 5) is 2.37. The molecule has 11 aromatic rings. The normalized spacial score (nSPS) is 11.7. The van der Waals surface area contributed by atoms with E-state index in [2.05, 4.69) is 251 Å². The van der Waals surface area contributed by atoms with E-state index in [0.717, 1.165) is 28.3 Å². The first-order valence-electron chi connectivity index (χ1n) is 21.8. The van der Waals surface area contributed by atoms with Gasteiger partial charge in [-0.1, -0.05) is 181 Å². The second-order valence-electron chi connectivity index (χ2n) is 16.4. The summed E-state index contributed by atoms with van der Waals surface area (Å²) in [7, 11) is 0. The summed E-state index contributed by atoms with van der Waals surface area (Å²) in [5, 5.41) is 4.88. The molecule has 0 unspecified atom stereocenters. The molecule has 1 aliphatic carbocycles. The quantitative estimate of drug-likeness (QED) is 0.139. The Morgan fingerprint density at radius 3 is 1.56 bits per heavy atom. The molecule has 12 rings (SSSR count). The average molecular weight is 813 g/mol. The maximum absolute atomic E-state index is 3.16. The van der Waals surface area contributed by atoms with Crippen molar-refractivity contribution in [2.75, 3.05) is 4.90 Å². The molecule has 0 N–H and O–H groups in total. The van der Waals surface area contributed by atoms with Crippen molar-refractivity contribution in [1.82, 2.24) is 4.57 Å². The minimum Gasteiger partial charge on any atom is -0.310 e. The molecule has 0 atom stereocenters. The van der Waals surface area contributed by atoms with Crippen molar-refractivity contribution in [1.29, 1.82) is 0 Å². The van der Waals surface area contributed by atoms with Crippen LogP contribution >= 0.6 is 0 Å². The van der Waals surface area contributed by atoms with Crippen molar-refractivity contribution in [2.24, 2.45) is 0 Å². The molecular weight excluding hydrogens is 773 g/mol. The van der Waals surface area contributed by atoms with Crippen LogP contribution in [0, 0.1) is 0 Å². The van der Waals surface area contributed by atoms with Crippen molar-refractivity contribution in [3.05, 3.63) is 253 Å². The number of fused-ring (bicyclic) bond motifs is 6. The largest absolute Gasteiger partial charge is 0.310 e. The average Bonchev–Trinajstić information content (AvgIpc) is 3.72. The topological polar surface area (TPSA) is 8.17 Å². The van der Waals surface area contributed by atoms with Gasteiger partial charge in [-0.2, -0.15) is 0 Å². The monoisotopic (exact) mass is 812 g/mol. The highest BCUT2D eigenvalue weighted by atomic mass is 15.1. The summed E-state index contributed by atoms with van der Waals surface area (Å²) in [6.07, 6.45) is 4.05. The highest BCUT2D eigenvalue weighted by Gasteiger charge is 2.19. The number of para-hydroxylation sites is 1. The second-order valence-corrected chi connectivity index (χ2v) is 16.4. The van der Waals surface area contributed by atoms with Gasteiger partial charge in [0.15, 0.2) is 0 Å². The van der Waals surface area contributed by atoms with Gasteiger partial charge in [0.25, 0.3) is 0 Å². The van der Waals surface area contributed by atoms with Gasteiger partial charge in [0.05, 0.1) is 11.0 Å². The van der Waals surface area contributed by atoms with Crippen LogP contribution in [0.4, 0.5) is 17.1 Å². The van der Waals surface area contributed by atoms with E-state index >= 15 is 0 Å². The Kier molecular flexibility index (Phi) is 9.10. The Labute approximate surface area is 372 Å². The Morgan fingerprint density at radius 2 is 0.891 bits per heavy atom. The Bertz CT molecular complexity index is 3640. The molecule has 0 saturated carbocycles. The number of hydrogen-bond donors (Lipinski definition) is 0. The number of rotatable bonds is 8. The zero-order valence-corrected chi connectivity index (χ0v) is 35.0. The summed E-state index contributed by atoms with van der Waals surface area (Å²) >= 11 is 0. The van der Waals surface area contributed by atoms with Crippen LogP contribution in [0.2, 0.25) is 0 Å². The summed E-state index contributed by atoms with van der Waals surface area (Å²) < 4.78 is 2.42. The molecule has 10 aromatic carbocycles. The lowest BCUT2D eigenvalue weighted by Gasteiger charge is -2.26. The van der Waals surface area contributed by atoms with E-state index < -0.39 is 0 Å². The van der Waals surface area contributed by atoms with Crippen LogP contribution in [0.15, 0.2) is 242 Å². The van der Waals surface area contributed by atoms with Gasteiger partial charge in [-0.15, -0.1) is 0 Å². The predicted octanol–water partition coefficient (Wildman–Crippen LogP) is 16.9. The number of hydrogen-bond acceptors (Lipinski definition) is 1. The van der Waals surface area contributed by atoms with Crippen LogP contribution in [0.5, 0.6) is 0 Å². The summed E-state index contributed by atoms with van der Waals surface area (Å²) in [5.41, 5.74) is 24.9. The highest BCUT2D eigenvalue weighted by Crippen LogP contribution is 2.43. The highest BCUT2D eigenvalue weighted by molar-refractivity contribution is 6.16. The molecule has 0 radical (unpaired) electrons. The van der Waals surface area contributed by atoms with Gasteiger partial charge in [0, 0.05) is 33.5 Å². The molecule has 0 bridgehead atoms. The van der Waals surface area contributed by atoms with E-state index in [9.17, 15) is 0 Å². The number of benzene rings is 10. The van der Waals surface area contributed by atoms with E-state index in [4.69, 9.17) is 0 Å².